The Morgan fingerprint density at radius 3 is 2.81 bits per heavy atom. The van der Waals surface area contributed by atoms with Crippen molar-refractivity contribution in [2.45, 2.75) is 19.4 Å². The highest BCUT2D eigenvalue weighted by atomic mass is 79.9. The molecule has 1 atom stereocenters. The molecular formula is C10H11BrN2O3. The van der Waals surface area contributed by atoms with E-state index in [0.29, 0.717) is 10.0 Å². The van der Waals surface area contributed by atoms with Gasteiger partial charge in [-0.15, -0.1) is 0 Å². The van der Waals surface area contributed by atoms with E-state index in [1.54, 1.807) is 19.2 Å². The average Bonchev–Trinajstić information content (AvgIpc) is 2.16. The smallest absolute Gasteiger partial charge is 0.305 e. The number of carboxylic acid groups (broad SMARTS) is 1. The summed E-state index contributed by atoms with van der Waals surface area (Å²) in [5, 5.41) is 11.1. The van der Waals surface area contributed by atoms with Crippen molar-refractivity contribution in [3.63, 3.8) is 0 Å². The molecule has 6 heteroatoms. The van der Waals surface area contributed by atoms with Gasteiger partial charge in [0.15, 0.2) is 0 Å². The molecule has 1 unspecified atom stereocenters. The highest BCUT2D eigenvalue weighted by molar-refractivity contribution is 9.10. The molecule has 1 rings (SSSR count). The zero-order valence-electron chi connectivity index (χ0n) is 8.61. The molecule has 0 bridgehead atoms. The van der Waals surface area contributed by atoms with E-state index >= 15 is 0 Å². The molecule has 0 aromatic carbocycles. The van der Waals surface area contributed by atoms with Gasteiger partial charge in [0.1, 0.15) is 0 Å². The van der Waals surface area contributed by atoms with Crippen molar-refractivity contribution in [3.8, 4) is 0 Å². The van der Waals surface area contributed by atoms with Gasteiger partial charge in [0, 0.05) is 22.9 Å². The Labute approximate surface area is 101 Å². The predicted molar refractivity (Wildman–Crippen MR) is 61.1 cm³/mol. The maximum Gasteiger partial charge on any atom is 0.305 e. The number of pyridine rings is 1. The number of aromatic nitrogens is 1. The molecule has 16 heavy (non-hydrogen) atoms. The molecule has 0 aliphatic rings. The number of rotatable bonds is 4. The van der Waals surface area contributed by atoms with E-state index in [1.807, 2.05) is 0 Å². The zero-order valence-corrected chi connectivity index (χ0v) is 10.2. The average molecular weight is 287 g/mol. The minimum Gasteiger partial charge on any atom is -0.481 e. The highest BCUT2D eigenvalue weighted by Crippen LogP contribution is 2.09. The van der Waals surface area contributed by atoms with Crippen LogP contribution < -0.4 is 5.32 Å². The van der Waals surface area contributed by atoms with Gasteiger partial charge in [0.25, 0.3) is 5.91 Å². The normalized spacial score (nSPS) is 11.9. The van der Waals surface area contributed by atoms with Crippen molar-refractivity contribution in [1.29, 1.82) is 0 Å². The van der Waals surface area contributed by atoms with E-state index in [2.05, 4.69) is 26.2 Å². The molecule has 0 saturated carbocycles. The van der Waals surface area contributed by atoms with E-state index in [0.717, 1.165) is 0 Å². The fourth-order valence-corrected chi connectivity index (χ4v) is 1.52. The molecule has 0 saturated heterocycles. The van der Waals surface area contributed by atoms with Crippen LogP contribution in [0.1, 0.15) is 23.7 Å². The minimum absolute atomic E-state index is 0.104. The Kier molecular flexibility index (Phi) is 4.42. The lowest BCUT2D eigenvalue weighted by atomic mass is 10.2. The summed E-state index contributed by atoms with van der Waals surface area (Å²) in [6, 6.07) is 1.21. The molecule has 1 aromatic rings. The Bertz CT molecular complexity index is 409. The number of halogens is 1. The van der Waals surface area contributed by atoms with Gasteiger partial charge in [0.05, 0.1) is 12.0 Å². The molecule has 0 spiro atoms. The monoisotopic (exact) mass is 286 g/mol. The van der Waals surface area contributed by atoms with E-state index in [-0.39, 0.29) is 12.3 Å². The van der Waals surface area contributed by atoms with E-state index < -0.39 is 12.0 Å². The third kappa shape index (κ3) is 3.98. The summed E-state index contributed by atoms with van der Waals surface area (Å²) >= 11 is 3.20. The molecule has 0 fully saturated rings. The van der Waals surface area contributed by atoms with E-state index in [4.69, 9.17) is 5.11 Å². The zero-order chi connectivity index (χ0) is 12.1. The first-order valence-electron chi connectivity index (χ1n) is 4.62. The molecule has 5 nitrogen and oxygen atoms in total. The van der Waals surface area contributed by atoms with Gasteiger partial charge >= 0.3 is 5.97 Å². The van der Waals surface area contributed by atoms with Crippen molar-refractivity contribution >= 4 is 27.8 Å². The van der Waals surface area contributed by atoms with E-state index in [9.17, 15) is 9.59 Å². The third-order valence-corrected chi connectivity index (χ3v) is 2.26. The van der Waals surface area contributed by atoms with Gasteiger partial charge in [-0.3, -0.25) is 14.6 Å². The lowest BCUT2D eigenvalue weighted by Gasteiger charge is -2.11. The summed E-state index contributed by atoms with van der Waals surface area (Å²) < 4.78 is 0.700. The molecule has 2 N–H and O–H groups in total. The molecular weight excluding hydrogens is 276 g/mol. The maximum atomic E-state index is 11.6. The summed E-state index contributed by atoms with van der Waals surface area (Å²) in [6.07, 6.45) is 2.89. The largest absolute Gasteiger partial charge is 0.481 e. The van der Waals surface area contributed by atoms with Crippen molar-refractivity contribution in [2.75, 3.05) is 0 Å². The summed E-state index contributed by atoms with van der Waals surface area (Å²) in [5.41, 5.74) is 0.395. The Balaban J connectivity index is 2.62. The van der Waals surface area contributed by atoms with Crippen molar-refractivity contribution < 1.29 is 14.7 Å². The fourth-order valence-electron chi connectivity index (χ4n) is 1.16. The van der Waals surface area contributed by atoms with Crippen molar-refractivity contribution in [2.24, 2.45) is 0 Å². The first kappa shape index (κ1) is 12.6. The van der Waals surface area contributed by atoms with Gasteiger partial charge in [-0.25, -0.2) is 0 Å². The van der Waals surface area contributed by atoms with Crippen LogP contribution in [0.4, 0.5) is 0 Å². The van der Waals surface area contributed by atoms with Gasteiger partial charge in [-0.2, -0.15) is 0 Å². The van der Waals surface area contributed by atoms with Crippen LogP contribution in [-0.2, 0) is 4.79 Å². The third-order valence-electron chi connectivity index (χ3n) is 1.83. The SMILES string of the molecule is CC(CC(=O)O)NC(=O)c1cncc(Br)c1. The number of amides is 1. The number of carbonyl (C=O) groups excluding carboxylic acids is 1. The highest BCUT2D eigenvalue weighted by Gasteiger charge is 2.12. The van der Waals surface area contributed by atoms with Crippen LogP contribution in [-0.4, -0.2) is 28.0 Å². The van der Waals surface area contributed by atoms with Crippen LogP contribution in [0.5, 0.6) is 0 Å². The van der Waals surface area contributed by atoms with Crippen molar-refractivity contribution in [1.82, 2.24) is 10.3 Å². The van der Waals surface area contributed by atoms with Crippen LogP contribution >= 0.6 is 15.9 Å². The minimum atomic E-state index is -0.944. The lowest BCUT2D eigenvalue weighted by molar-refractivity contribution is -0.137. The lowest BCUT2D eigenvalue weighted by Crippen LogP contribution is -2.34. The molecule has 1 heterocycles. The van der Waals surface area contributed by atoms with Gasteiger partial charge in [-0.1, -0.05) is 0 Å². The molecule has 1 amide bonds. The number of carbonyl (C=O) groups is 2. The Morgan fingerprint density at radius 2 is 2.25 bits per heavy atom. The standard InChI is InChI=1S/C10H11BrN2O3/c1-6(2-9(14)15)13-10(16)7-3-8(11)5-12-4-7/h3-6H,2H2,1H3,(H,13,16)(H,14,15). The first-order valence-corrected chi connectivity index (χ1v) is 5.41. The maximum absolute atomic E-state index is 11.6. The van der Waals surface area contributed by atoms with Crippen LogP contribution in [0.3, 0.4) is 0 Å². The summed E-state index contributed by atoms with van der Waals surface area (Å²) in [4.78, 5) is 25.9. The number of hydrogen-bond donors (Lipinski definition) is 2. The topological polar surface area (TPSA) is 79.3 Å². The summed E-state index contributed by atoms with van der Waals surface area (Å²) in [5.74, 6) is -1.28. The fraction of sp³-hybridized carbons (Fsp3) is 0.300. The van der Waals surface area contributed by atoms with Crippen LogP contribution in [0.2, 0.25) is 0 Å². The number of nitrogens with zero attached hydrogens (tertiary/aromatic N) is 1. The van der Waals surface area contributed by atoms with Crippen molar-refractivity contribution in [3.05, 3.63) is 28.5 Å². The van der Waals surface area contributed by atoms with E-state index in [1.165, 1.54) is 6.20 Å². The van der Waals surface area contributed by atoms with Gasteiger partial charge in [0.2, 0.25) is 0 Å². The Hall–Kier alpha value is -1.43. The van der Waals surface area contributed by atoms with Crippen LogP contribution in [0.15, 0.2) is 22.9 Å². The summed E-state index contributed by atoms with van der Waals surface area (Å²) in [7, 11) is 0. The number of carboxylic acids is 1. The van der Waals surface area contributed by atoms with Crippen LogP contribution in [0, 0.1) is 0 Å². The second kappa shape index (κ2) is 5.60. The molecule has 0 aliphatic carbocycles. The number of nitrogens with one attached hydrogen (secondary N) is 1. The molecule has 0 radical (unpaired) electrons. The number of hydrogen-bond acceptors (Lipinski definition) is 3. The second-order valence-electron chi connectivity index (χ2n) is 3.36. The predicted octanol–water partition coefficient (Wildman–Crippen LogP) is 1.44. The molecule has 0 aliphatic heterocycles. The van der Waals surface area contributed by atoms with Gasteiger partial charge < -0.3 is 10.4 Å². The quantitative estimate of drug-likeness (QED) is 0.878. The molecule has 1 aromatic heterocycles. The Morgan fingerprint density at radius 1 is 1.56 bits per heavy atom. The number of aliphatic carboxylic acids is 1. The van der Waals surface area contributed by atoms with Gasteiger partial charge in [-0.05, 0) is 28.9 Å². The van der Waals surface area contributed by atoms with Crippen LogP contribution in [0.25, 0.3) is 0 Å². The summed E-state index contributed by atoms with van der Waals surface area (Å²) in [6.45, 7) is 1.64. The second-order valence-corrected chi connectivity index (χ2v) is 4.28. The molecule has 86 valence electrons. The first-order chi connectivity index (χ1) is 7.49.